The highest BCUT2D eigenvalue weighted by Crippen LogP contribution is 1.97. The van der Waals surface area contributed by atoms with E-state index in [0.717, 1.165) is 0 Å². The molecule has 0 spiro atoms. The van der Waals surface area contributed by atoms with Crippen LogP contribution in [0.15, 0.2) is 0 Å². The van der Waals surface area contributed by atoms with Gasteiger partial charge in [-0.1, -0.05) is 0 Å². The summed E-state index contributed by atoms with van der Waals surface area (Å²) >= 11 is 0. The molecular weight excluding hydrogens is 308 g/mol. The lowest BCUT2D eigenvalue weighted by Gasteiger charge is -2.25. The second-order valence-corrected chi connectivity index (χ2v) is 5.34. The van der Waals surface area contributed by atoms with Gasteiger partial charge in [0.1, 0.15) is 0 Å². The summed E-state index contributed by atoms with van der Waals surface area (Å²) in [6, 6.07) is 0. The van der Waals surface area contributed by atoms with Crippen LogP contribution in [-0.2, 0) is 4.74 Å². The van der Waals surface area contributed by atoms with Gasteiger partial charge in [0.05, 0.1) is 51.8 Å². The molecule has 0 saturated carbocycles. The first-order chi connectivity index (χ1) is 11.1. The van der Waals surface area contributed by atoms with Gasteiger partial charge in [0.15, 0.2) is 0 Å². The number of ether oxygens (including phenoxy) is 1. The summed E-state index contributed by atoms with van der Waals surface area (Å²) in [5.74, 6) is 0. The molecule has 0 saturated heterocycles. The third-order valence-corrected chi connectivity index (χ3v) is 3.22. The van der Waals surface area contributed by atoms with Crippen molar-refractivity contribution in [1.82, 2.24) is 9.80 Å². The molecule has 6 N–H and O–H groups in total. The second-order valence-electron chi connectivity index (χ2n) is 5.34. The van der Waals surface area contributed by atoms with Crippen LogP contribution < -0.4 is 0 Å². The number of rotatable bonds is 16. The van der Waals surface area contributed by atoms with Crippen molar-refractivity contribution < 1.29 is 35.4 Å². The summed E-state index contributed by atoms with van der Waals surface area (Å²) in [6.45, 7) is 1.79. The summed E-state index contributed by atoms with van der Waals surface area (Å²) in [4.78, 5) is 3.43. The van der Waals surface area contributed by atoms with E-state index in [1.54, 1.807) is 9.80 Å². The van der Waals surface area contributed by atoms with Gasteiger partial charge in [-0.05, 0) is 0 Å². The standard InChI is InChI=1S/C14H32N2O7/c17-5-1-15(2-6-18)9-13(21)11-23-12-14(22)10-16(3-7-19)4-8-20/h13-14,17-22H,1-12H2. The van der Waals surface area contributed by atoms with Crippen molar-refractivity contribution in [3.8, 4) is 0 Å². The Hall–Kier alpha value is -0.360. The van der Waals surface area contributed by atoms with E-state index in [-0.39, 0.29) is 52.7 Å². The van der Waals surface area contributed by atoms with Crippen molar-refractivity contribution in [1.29, 1.82) is 0 Å². The summed E-state index contributed by atoms with van der Waals surface area (Å²) in [5.41, 5.74) is 0. The number of aliphatic hydroxyl groups excluding tert-OH is 6. The number of aliphatic hydroxyl groups is 6. The highest BCUT2D eigenvalue weighted by Gasteiger charge is 2.14. The van der Waals surface area contributed by atoms with Gasteiger partial charge in [0.2, 0.25) is 0 Å². The summed E-state index contributed by atoms with van der Waals surface area (Å²) < 4.78 is 5.27. The van der Waals surface area contributed by atoms with E-state index in [2.05, 4.69) is 0 Å². The summed E-state index contributed by atoms with van der Waals surface area (Å²) in [6.07, 6.45) is -1.57. The van der Waals surface area contributed by atoms with Crippen LogP contribution in [0.2, 0.25) is 0 Å². The fourth-order valence-electron chi connectivity index (χ4n) is 2.20. The predicted molar refractivity (Wildman–Crippen MR) is 84.1 cm³/mol. The molecule has 9 heteroatoms. The van der Waals surface area contributed by atoms with Crippen molar-refractivity contribution in [2.45, 2.75) is 12.2 Å². The first kappa shape index (κ1) is 22.6. The molecule has 2 atom stereocenters. The van der Waals surface area contributed by atoms with Crippen molar-refractivity contribution in [3.63, 3.8) is 0 Å². The molecule has 9 nitrogen and oxygen atoms in total. The molecule has 0 aromatic carbocycles. The number of nitrogens with zero attached hydrogens (tertiary/aromatic N) is 2. The van der Waals surface area contributed by atoms with Gasteiger partial charge in [0, 0.05) is 39.3 Å². The van der Waals surface area contributed by atoms with E-state index in [9.17, 15) is 10.2 Å². The van der Waals surface area contributed by atoms with Gasteiger partial charge >= 0.3 is 0 Å². The predicted octanol–water partition coefficient (Wildman–Crippen LogP) is -3.70. The Morgan fingerprint density at radius 1 is 0.609 bits per heavy atom. The highest BCUT2D eigenvalue weighted by atomic mass is 16.5. The Balaban J connectivity index is 3.93. The molecule has 0 heterocycles. The lowest BCUT2D eigenvalue weighted by molar-refractivity contribution is -0.0291. The Bertz CT molecular complexity index is 225. The summed E-state index contributed by atoms with van der Waals surface area (Å²) in [5, 5.41) is 55.2. The zero-order valence-electron chi connectivity index (χ0n) is 13.6. The zero-order valence-corrected chi connectivity index (χ0v) is 13.6. The largest absolute Gasteiger partial charge is 0.395 e. The molecule has 0 amide bonds. The zero-order chi connectivity index (χ0) is 17.5. The Kier molecular flexibility index (Phi) is 14.9. The minimum Gasteiger partial charge on any atom is -0.395 e. The third-order valence-electron chi connectivity index (χ3n) is 3.22. The van der Waals surface area contributed by atoms with Crippen LogP contribution in [0.5, 0.6) is 0 Å². The minimum absolute atomic E-state index is 0.0322. The molecule has 0 aliphatic carbocycles. The number of hydrogen-bond acceptors (Lipinski definition) is 9. The van der Waals surface area contributed by atoms with E-state index in [1.165, 1.54) is 0 Å². The monoisotopic (exact) mass is 340 g/mol. The number of hydrogen-bond donors (Lipinski definition) is 6. The van der Waals surface area contributed by atoms with Crippen LogP contribution >= 0.6 is 0 Å². The van der Waals surface area contributed by atoms with Crippen LogP contribution in [0.4, 0.5) is 0 Å². The van der Waals surface area contributed by atoms with E-state index < -0.39 is 12.2 Å². The van der Waals surface area contributed by atoms with E-state index in [0.29, 0.717) is 26.2 Å². The highest BCUT2D eigenvalue weighted by molar-refractivity contribution is 4.66. The average molecular weight is 340 g/mol. The van der Waals surface area contributed by atoms with Gasteiger partial charge < -0.3 is 35.4 Å². The van der Waals surface area contributed by atoms with Crippen LogP contribution in [0, 0.1) is 0 Å². The molecule has 140 valence electrons. The lowest BCUT2D eigenvalue weighted by atomic mass is 10.3. The molecule has 0 fully saturated rings. The molecule has 0 radical (unpaired) electrons. The molecule has 0 bridgehead atoms. The first-order valence-electron chi connectivity index (χ1n) is 7.89. The molecule has 0 aromatic rings. The smallest absolute Gasteiger partial charge is 0.0900 e. The van der Waals surface area contributed by atoms with Gasteiger partial charge in [0.25, 0.3) is 0 Å². The minimum atomic E-state index is -0.786. The maximum Gasteiger partial charge on any atom is 0.0900 e. The normalized spacial score (nSPS) is 14.6. The molecular formula is C14H32N2O7. The van der Waals surface area contributed by atoms with Gasteiger partial charge in [-0.3, -0.25) is 9.80 Å². The first-order valence-corrected chi connectivity index (χ1v) is 7.89. The van der Waals surface area contributed by atoms with Crippen LogP contribution in [0.3, 0.4) is 0 Å². The van der Waals surface area contributed by atoms with Gasteiger partial charge in [-0.25, -0.2) is 0 Å². The third kappa shape index (κ3) is 12.7. The van der Waals surface area contributed by atoms with Crippen molar-refractivity contribution in [3.05, 3.63) is 0 Å². The van der Waals surface area contributed by atoms with Gasteiger partial charge in [-0.15, -0.1) is 0 Å². The van der Waals surface area contributed by atoms with E-state index >= 15 is 0 Å². The van der Waals surface area contributed by atoms with E-state index in [1.807, 2.05) is 0 Å². The van der Waals surface area contributed by atoms with Crippen LogP contribution in [-0.4, -0.2) is 132 Å². The maximum atomic E-state index is 9.85. The summed E-state index contributed by atoms with van der Waals surface area (Å²) in [7, 11) is 0. The van der Waals surface area contributed by atoms with Crippen LogP contribution in [0.1, 0.15) is 0 Å². The maximum absolute atomic E-state index is 9.85. The molecule has 0 aliphatic rings. The topological polar surface area (TPSA) is 137 Å². The fraction of sp³-hybridized carbons (Fsp3) is 1.00. The van der Waals surface area contributed by atoms with E-state index in [4.69, 9.17) is 25.2 Å². The molecule has 23 heavy (non-hydrogen) atoms. The lowest BCUT2D eigenvalue weighted by Crippen LogP contribution is -2.40. The fourth-order valence-corrected chi connectivity index (χ4v) is 2.20. The van der Waals surface area contributed by atoms with Crippen molar-refractivity contribution in [2.75, 3.05) is 78.9 Å². The van der Waals surface area contributed by atoms with Crippen molar-refractivity contribution >= 4 is 0 Å². The average Bonchev–Trinajstić information content (AvgIpc) is 2.48. The molecule has 0 rings (SSSR count). The molecule has 0 aliphatic heterocycles. The molecule has 0 aromatic heterocycles. The Labute approximate surface area is 137 Å². The SMILES string of the molecule is OCCN(CCO)CC(O)COCC(O)CN(CCO)CCO. The Morgan fingerprint density at radius 2 is 0.913 bits per heavy atom. The quantitative estimate of drug-likeness (QED) is 0.168. The Morgan fingerprint density at radius 3 is 1.17 bits per heavy atom. The molecule has 2 unspecified atom stereocenters. The van der Waals surface area contributed by atoms with Crippen molar-refractivity contribution in [2.24, 2.45) is 0 Å². The van der Waals surface area contributed by atoms with Gasteiger partial charge in [-0.2, -0.15) is 0 Å². The van der Waals surface area contributed by atoms with Crippen LogP contribution in [0.25, 0.3) is 0 Å². The second kappa shape index (κ2) is 15.2.